The van der Waals surface area contributed by atoms with Crippen LogP contribution < -0.4 is 4.74 Å². The van der Waals surface area contributed by atoms with Gasteiger partial charge in [-0.1, -0.05) is 22.9 Å². The third-order valence-electron chi connectivity index (χ3n) is 2.80. The summed E-state index contributed by atoms with van der Waals surface area (Å²) in [5, 5.41) is 14.2. The number of rotatable bonds is 6. The number of ether oxygens (including phenoxy) is 2. The first-order valence-corrected chi connectivity index (χ1v) is 7.53. The molecule has 3 rings (SSSR count). The van der Waals surface area contributed by atoms with E-state index in [9.17, 15) is 0 Å². The highest BCUT2D eigenvalue weighted by Crippen LogP contribution is 2.19. The Morgan fingerprint density at radius 1 is 1.24 bits per heavy atom. The first-order valence-electron chi connectivity index (χ1n) is 6.33. The van der Waals surface area contributed by atoms with Crippen LogP contribution in [0.15, 0.2) is 24.3 Å². The summed E-state index contributed by atoms with van der Waals surface area (Å²) in [6.07, 6.45) is 0.679. The van der Waals surface area contributed by atoms with E-state index < -0.39 is 0 Å². The van der Waals surface area contributed by atoms with Gasteiger partial charge < -0.3 is 9.47 Å². The minimum Gasteiger partial charge on any atom is -0.486 e. The number of fused-ring (bicyclic) bond motifs is 1. The molecule has 0 unspecified atom stereocenters. The van der Waals surface area contributed by atoms with Gasteiger partial charge in [-0.05, 0) is 24.3 Å². The first-order chi connectivity index (χ1) is 10.3. The van der Waals surface area contributed by atoms with Crippen LogP contribution >= 0.6 is 22.9 Å². The quantitative estimate of drug-likeness (QED) is 0.697. The molecule has 0 atom stereocenters. The van der Waals surface area contributed by atoms with Gasteiger partial charge in [-0.3, -0.25) is 0 Å². The maximum absolute atomic E-state index is 5.83. The van der Waals surface area contributed by atoms with Gasteiger partial charge in [-0.15, -0.1) is 10.2 Å². The van der Waals surface area contributed by atoms with E-state index in [2.05, 4.69) is 15.3 Å². The van der Waals surface area contributed by atoms with E-state index in [0.717, 1.165) is 21.5 Å². The molecule has 0 aliphatic carbocycles. The Balaban J connectivity index is 1.69. The van der Waals surface area contributed by atoms with E-state index in [1.807, 2.05) is 12.1 Å². The van der Waals surface area contributed by atoms with Crippen molar-refractivity contribution in [2.75, 3.05) is 13.7 Å². The topological polar surface area (TPSA) is 61.5 Å². The van der Waals surface area contributed by atoms with Gasteiger partial charge in [-0.25, -0.2) is 0 Å². The van der Waals surface area contributed by atoms with Crippen molar-refractivity contribution in [3.8, 4) is 5.75 Å². The molecule has 110 valence electrons. The van der Waals surface area contributed by atoms with Gasteiger partial charge in [0, 0.05) is 18.6 Å². The van der Waals surface area contributed by atoms with Gasteiger partial charge >= 0.3 is 0 Å². The number of hydrogen-bond acceptors (Lipinski definition) is 6. The second kappa shape index (κ2) is 6.38. The fourth-order valence-corrected chi connectivity index (χ4v) is 2.67. The molecule has 0 aliphatic heterocycles. The average Bonchev–Trinajstić information content (AvgIpc) is 3.05. The maximum atomic E-state index is 5.83. The summed E-state index contributed by atoms with van der Waals surface area (Å²) in [7, 11) is 1.66. The molecule has 0 aliphatic rings. The van der Waals surface area contributed by atoms with Crippen molar-refractivity contribution in [3.63, 3.8) is 0 Å². The average molecular weight is 325 g/mol. The molecule has 0 saturated carbocycles. The van der Waals surface area contributed by atoms with Crippen molar-refractivity contribution in [2.45, 2.75) is 13.0 Å². The number of halogens is 1. The van der Waals surface area contributed by atoms with Gasteiger partial charge in [-0.2, -0.15) is 9.61 Å². The lowest BCUT2D eigenvalue weighted by Gasteiger charge is -2.03. The van der Waals surface area contributed by atoms with Crippen molar-refractivity contribution in [2.24, 2.45) is 0 Å². The van der Waals surface area contributed by atoms with E-state index in [-0.39, 0.29) is 0 Å². The zero-order chi connectivity index (χ0) is 14.7. The summed E-state index contributed by atoms with van der Waals surface area (Å²) in [5.41, 5.74) is 0. The molecule has 8 heteroatoms. The predicted octanol–water partition coefficient (Wildman–Crippen LogP) is 2.61. The largest absolute Gasteiger partial charge is 0.486 e. The second-order valence-corrected chi connectivity index (χ2v) is 5.77. The van der Waals surface area contributed by atoms with Gasteiger partial charge in [0.15, 0.2) is 10.8 Å². The maximum Gasteiger partial charge on any atom is 0.234 e. The molecule has 2 aromatic heterocycles. The van der Waals surface area contributed by atoms with Crippen LogP contribution in [0, 0.1) is 0 Å². The van der Waals surface area contributed by atoms with Gasteiger partial charge in [0.1, 0.15) is 12.4 Å². The van der Waals surface area contributed by atoms with Gasteiger partial charge in [0.05, 0.1) is 6.61 Å². The molecule has 0 fully saturated rings. The molecule has 6 nitrogen and oxygen atoms in total. The lowest BCUT2D eigenvalue weighted by atomic mass is 10.3. The van der Waals surface area contributed by atoms with Crippen LogP contribution in [0.4, 0.5) is 0 Å². The molecule has 0 bridgehead atoms. The number of methoxy groups -OCH3 is 1. The van der Waals surface area contributed by atoms with Crippen LogP contribution in [-0.2, 0) is 17.8 Å². The van der Waals surface area contributed by atoms with Crippen molar-refractivity contribution in [1.29, 1.82) is 0 Å². The molecule has 2 heterocycles. The Labute approximate surface area is 130 Å². The lowest BCUT2D eigenvalue weighted by molar-refractivity contribution is 0.200. The van der Waals surface area contributed by atoms with Crippen LogP contribution in [0.3, 0.4) is 0 Å². The van der Waals surface area contributed by atoms with Crippen molar-refractivity contribution in [1.82, 2.24) is 19.8 Å². The Hall–Kier alpha value is -1.70. The van der Waals surface area contributed by atoms with E-state index in [0.29, 0.717) is 24.7 Å². The van der Waals surface area contributed by atoms with Gasteiger partial charge in [0.25, 0.3) is 0 Å². The highest BCUT2D eigenvalue weighted by molar-refractivity contribution is 7.16. The SMILES string of the molecule is COCCc1nnc2sc(COc3ccc(Cl)cc3)nn12. The highest BCUT2D eigenvalue weighted by Gasteiger charge is 2.11. The van der Waals surface area contributed by atoms with Crippen LogP contribution in [0.25, 0.3) is 4.96 Å². The third kappa shape index (κ3) is 3.31. The molecule has 0 N–H and O–H groups in total. The number of hydrogen-bond donors (Lipinski definition) is 0. The van der Waals surface area contributed by atoms with E-state index in [1.165, 1.54) is 11.3 Å². The zero-order valence-electron chi connectivity index (χ0n) is 11.3. The highest BCUT2D eigenvalue weighted by atomic mass is 35.5. The van der Waals surface area contributed by atoms with Crippen LogP contribution in [0.5, 0.6) is 5.75 Å². The first kappa shape index (κ1) is 14.2. The summed E-state index contributed by atoms with van der Waals surface area (Å²) in [5.74, 6) is 1.55. The van der Waals surface area contributed by atoms with Gasteiger partial charge in [0.2, 0.25) is 4.96 Å². The van der Waals surface area contributed by atoms with E-state index in [1.54, 1.807) is 23.8 Å². The normalized spacial score (nSPS) is 11.1. The molecule has 0 amide bonds. The standard InChI is InChI=1S/C13H13ClN4O2S/c1-19-7-6-11-15-16-13-18(11)17-12(21-13)8-20-10-4-2-9(14)3-5-10/h2-5H,6-8H2,1H3. The van der Waals surface area contributed by atoms with Crippen molar-refractivity contribution >= 4 is 27.9 Å². The molecular weight excluding hydrogens is 312 g/mol. The second-order valence-electron chi connectivity index (χ2n) is 4.29. The Morgan fingerprint density at radius 2 is 2.05 bits per heavy atom. The Kier molecular flexibility index (Phi) is 4.33. The molecule has 0 radical (unpaired) electrons. The molecule has 3 aromatic rings. The van der Waals surface area contributed by atoms with Crippen LogP contribution in [-0.4, -0.2) is 33.5 Å². The summed E-state index contributed by atoms with van der Waals surface area (Å²) >= 11 is 7.29. The number of benzene rings is 1. The molecule has 0 saturated heterocycles. The van der Waals surface area contributed by atoms with Crippen molar-refractivity contribution in [3.05, 3.63) is 40.1 Å². The summed E-state index contributed by atoms with van der Waals surface area (Å²) in [6.45, 7) is 0.980. The fourth-order valence-electron chi connectivity index (χ4n) is 1.78. The van der Waals surface area contributed by atoms with E-state index in [4.69, 9.17) is 21.1 Å². The minimum absolute atomic E-state index is 0.388. The summed E-state index contributed by atoms with van der Waals surface area (Å²) in [6, 6.07) is 7.23. The Morgan fingerprint density at radius 3 is 2.81 bits per heavy atom. The molecule has 0 spiro atoms. The number of aromatic nitrogens is 4. The predicted molar refractivity (Wildman–Crippen MR) is 80.0 cm³/mol. The molecule has 21 heavy (non-hydrogen) atoms. The van der Waals surface area contributed by atoms with Crippen LogP contribution in [0.1, 0.15) is 10.8 Å². The van der Waals surface area contributed by atoms with Crippen molar-refractivity contribution < 1.29 is 9.47 Å². The third-order valence-corrected chi connectivity index (χ3v) is 3.93. The summed E-state index contributed by atoms with van der Waals surface area (Å²) < 4.78 is 12.5. The Bertz CT molecular complexity index is 725. The molecular formula is C13H13ClN4O2S. The minimum atomic E-state index is 0.388. The zero-order valence-corrected chi connectivity index (χ0v) is 12.9. The molecule has 1 aromatic carbocycles. The fraction of sp³-hybridized carbons (Fsp3) is 0.308. The lowest BCUT2D eigenvalue weighted by Crippen LogP contribution is -2.02. The number of nitrogens with zero attached hydrogens (tertiary/aromatic N) is 4. The van der Waals surface area contributed by atoms with E-state index >= 15 is 0 Å². The summed E-state index contributed by atoms with van der Waals surface area (Å²) in [4.78, 5) is 0.760. The monoisotopic (exact) mass is 324 g/mol. The van der Waals surface area contributed by atoms with Crippen LogP contribution in [0.2, 0.25) is 5.02 Å². The smallest absolute Gasteiger partial charge is 0.234 e.